The van der Waals surface area contributed by atoms with E-state index in [1.165, 1.54) is 10.5 Å². The monoisotopic (exact) mass is 1030 g/mol. The number of piperidine rings is 2. The first-order chi connectivity index (χ1) is 33.0. The Morgan fingerprint density at radius 1 is 0.800 bits per heavy atom. The van der Waals surface area contributed by atoms with Crippen LogP contribution in [-0.2, 0) is 53.6 Å². The van der Waals surface area contributed by atoms with Gasteiger partial charge in [0.2, 0.25) is 11.8 Å². The van der Waals surface area contributed by atoms with Gasteiger partial charge in [-0.15, -0.1) is 0 Å². The number of rotatable bonds is 13. The zero-order valence-electron chi connectivity index (χ0n) is 39.4. The lowest BCUT2D eigenvalue weighted by Crippen LogP contribution is -2.54. The molecule has 382 valence electrons. The normalized spacial score (nSPS) is 21.1. The fourth-order valence-electron chi connectivity index (χ4n) is 10.1. The Labute approximate surface area is 413 Å². The predicted octanol–water partition coefficient (Wildman–Crippen LogP) is 9.03. The Morgan fingerprint density at radius 3 is 2.10 bits per heavy atom. The molecule has 1 spiro atoms. The van der Waals surface area contributed by atoms with Crippen LogP contribution in [0, 0.1) is 5.92 Å². The Kier molecular flexibility index (Phi) is 16.4. The van der Waals surface area contributed by atoms with Gasteiger partial charge in [-0.05, 0) is 126 Å². The topological polar surface area (TPSA) is 130 Å². The molecule has 3 fully saturated rings. The van der Waals surface area contributed by atoms with Gasteiger partial charge in [-0.25, -0.2) is 4.79 Å². The molecule has 3 aromatic carbocycles. The number of morpholine rings is 1. The number of carbonyl (C=O) groups excluding carboxylic acids is 4. The summed E-state index contributed by atoms with van der Waals surface area (Å²) in [5, 5.41) is 6.31. The molecule has 0 radical (unpaired) electrons. The van der Waals surface area contributed by atoms with Gasteiger partial charge in [0.15, 0.2) is 0 Å². The highest BCUT2D eigenvalue weighted by molar-refractivity contribution is 6.42. The molecule has 3 saturated heterocycles. The summed E-state index contributed by atoms with van der Waals surface area (Å²) in [6.07, 6.45) is -7.01. The van der Waals surface area contributed by atoms with Crippen molar-refractivity contribution in [1.82, 2.24) is 25.3 Å². The molecule has 1 aliphatic carbocycles. The number of likely N-dealkylation sites (tertiary alicyclic amines) is 2. The van der Waals surface area contributed by atoms with Crippen molar-refractivity contribution in [2.24, 2.45) is 5.92 Å². The van der Waals surface area contributed by atoms with Crippen molar-refractivity contribution in [3.63, 3.8) is 0 Å². The Bertz CT molecular complexity index is 2350. The third kappa shape index (κ3) is 12.7. The number of amides is 4. The summed E-state index contributed by atoms with van der Waals surface area (Å²) in [7, 11) is 0. The summed E-state index contributed by atoms with van der Waals surface area (Å²) in [6, 6.07) is 13.9. The van der Waals surface area contributed by atoms with Gasteiger partial charge in [0, 0.05) is 56.2 Å². The fourth-order valence-corrected chi connectivity index (χ4v) is 10.4. The molecule has 0 unspecified atom stereocenters. The summed E-state index contributed by atoms with van der Waals surface area (Å²) in [5.41, 5.74) is -3.27. The van der Waals surface area contributed by atoms with E-state index in [4.69, 9.17) is 37.4 Å². The van der Waals surface area contributed by atoms with Gasteiger partial charge >= 0.3 is 18.4 Å². The van der Waals surface area contributed by atoms with E-state index in [0.29, 0.717) is 102 Å². The minimum atomic E-state index is -5.13. The Morgan fingerprint density at radius 2 is 1.46 bits per heavy atom. The second kappa shape index (κ2) is 21.6. The minimum Gasteiger partial charge on any atom is -0.444 e. The van der Waals surface area contributed by atoms with E-state index in [-0.39, 0.29) is 84.2 Å². The number of hydrogen-bond donors (Lipinski definition) is 2. The number of nitrogens with zero attached hydrogens (tertiary/aromatic N) is 3. The molecule has 70 heavy (non-hydrogen) atoms. The van der Waals surface area contributed by atoms with E-state index < -0.39 is 46.2 Å². The van der Waals surface area contributed by atoms with Crippen molar-refractivity contribution in [1.29, 1.82) is 0 Å². The number of hydrogen-bond acceptors (Lipinski definition) is 8. The van der Waals surface area contributed by atoms with Gasteiger partial charge in [0.25, 0.3) is 5.91 Å². The molecule has 0 bridgehead atoms. The third-order valence-corrected chi connectivity index (χ3v) is 14.6. The number of benzene rings is 3. The van der Waals surface area contributed by atoms with Crippen LogP contribution in [0.4, 0.5) is 31.1 Å². The fraction of sp³-hybridized carbons (Fsp3) is 0.560. The van der Waals surface area contributed by atoms with Crippen LogP contribution in [0.3, 0.4) is 0 Å². The van der Waals surface area contributed by atoms with Crippen LogP contribution in [0.2, 0.25) is 10.0 Å². The van der Waals surface area contributed by atoms with Crippen LogP contribution in [-0.4, -0.2) is 122 Å². The molecule has 3 aromatic rings. The van der Waals surface area contributed by atoms with E-state index in [1.807, 2.05) is 32.9 Å². The summed E-state index contributed by atoms with van der Waals surface area (Å²) in [4.78, 5) is 57.3. The number of halogens is 8. The lowest BCUT2D eigenvalue weighted by Gasteiger charge is -2.46. The SMILES string of the molecule is CC(C)(C)OC(=O)N1CCC(C(=O)NCCCNC(=O)CO[C@H]2Cc3ccccc3C23CCN(CC[C@@]2(c4ccc(Cl)c(Cl)c4)CN(C(=O)c4cc(C(F)(F)F)cc(C(F)(F)F)c4)CCO2)CC3)CC1. The van der Waals surface area contributed by atoms with Gasteiger partial charge in [-0.3, -0.25) is 14.4 Å². The lowest BCUT2D eigenvalue weighted by atomic mass is 9.72. The maximum Gasteiger partial charge on any atom is 0.416 e. The first kappa shape index (κ1) is 53.2. The van der Waals surface area contributed by atoms with Crippen molar-refractivity contribution >= 4 is 47.0 Å². The molecule has 0 aromatic heterocycles. The highest BCUT2D eigenvalue weighted by Gasteiger charge is 2.50. The van der Waals surface area contributed by atoms with E-state index in [1.54, 1.807) is 23.1 Å². The van der Waals surface area contributed by atoms with E-state index in [2.05, 4.69) is 27.7 Å². The maximum absolute atomic E-state index is 13.9. The van der Waals surface area contributed by atoms with Gasteiger partial charge in [0.1, 0.15) is 17.8 Å². The molecule has 4 amide bonds. The molecule has 12 nitrogen and oxygen atoms in total. The molecule has 3 aliphatic heterocycles. The molecule has 0 saturated carbocycles. The van der Waals surface area contributed by atoms with Gasteiger partial charge in [0.05, 0.1) is 40.4 Å². The van der Waals surface area contributed by atoms with Crippen LogP contribution >= 0.6 is 23.2 Å². The van der Waals surface area contributed by atoms with Crippen molar-refractivity contribution in [2.75, 3.05) is 72.1 Å². The standard InChI is InChI=1S/C50H59Cl2F6N5O7/c1-46(2,3)70-45(67)62-18-11-32(12-19-62)43(65)60-17-6-16-59-42(64)30-68-41-27-33-7-4-5-8-38(33)47(41)13-20-61(21-14-47)22-15-48(35-9-10-39(51)40(52)29-35)31-63(23-24-69-48)44(66)34-25-36(49(53,54)55)28-37(26-34)50(56,57)58/h4-5,7-10,25-26,28-29,32,41H,6,11-24,27,30-31H2,1-3H3,(H,59,64)(H,60,65)/t41-,48-/m0/s1. The van der Waals surface area contributed by atoms with Crippen molar-refractivity contribution in [2.45, 2.75) is 101 Å². The molecule has 4 aliphatic rings. The van der Waals surface area contributed by atoms with Crippen LogP contribution in [0.15, 0.2) is 60.7 Å². The number of alkyl halides is 6. The molecule has 3 heterocycles. The van der Waals surface area contributed by atoms with Crippen LogP contribution < -0.4 is 10.6 Å². The summed E-state index contributed by atoms with van der Waals surface area (Å²) < 4.78 is 101. The molecule has 20 heteroatoms. The molecule has 2 atom stereocenters. The quantitative estimate of drug-likeness (QED) is 0.128. The Balaban J connectivity index is 0.938. The molecule has 7 rings (SSSR count). The van der Waals surface area contributed by atoms with Crippen LogP contribution in [0.5, 0.6) is 0 Å². The summed E-state index contributed by atoms with van der Waals surface area (Å²) >= 11 is 12.7. The molecular weight excluding hydrogens is 967 g/mol. The van der Waals surface area contributed by atoms with Crippen LogP contribution in [0.25, 0.3) is 0 Å². The first-order valence-corrected chi connectivity index (χ1v) is 24.3. The first-order valence-electron chi connectivity index (χ1n) is 23.6. The van der Waals surface area contributed by atoms with E-state index >= 15 is 0 Å². The summed E-state index contributed by atoms with van der Waals surface area (Å²) in [6.45, 7) is 8.27. The predicted molar refractivity (Wildman–Crippen MR) is 249 cm³/mol. The van der Waals surface area contributed by atoms with Crippen molar-refractivity contribution in [3.05, 3.63) is 104 Å². The second-order valence-corrected chi connectivity index (χ2v) is 20.5. The highest BCUT2D eigenvalue weighted by atomic mass is 35.5. The second-order valence-electron chi connectivity index (χ2n) is 19.6. The average Bonchev–Trinajstić information content (AvgIpc) is 3.61. The van der Waals surface area contributed by atoms with E-state index in [9.17, 15) is 45.5 Å². The van der Waals surface area contributed by atoms with Gasteiger partial charge < -0.3 is 39.5 Å². The largest absolute Gasteiger partial charge is 0.444 e. The smallest absolute Gasteiger partial charge is 0.416 e. The highest BCUT2D eigenvalue weighted by Crippen LogP contribution is 2.48. The number of fused-ring (bicyclic) bond motifs is 2. The van der Waals surface area contributed by atoms with Crippen LogP contribution in [0.1, 0.15) is 97.5 Å². The van der Waals surface area contributed by atoms with Gasteiger partial charge in [-0.1, -0.05) is 53.5 Å². The maximum atomic E-state index is 13.9. The molecule has 2 N–H and O–H groups in total. The van der Waals surface area contributed by atoms with Crippen molar-refractivity contribution < 1.29 is 59.7 Å². The van der Waals surface area contributed by atoms with Crippen molar-refractivity contribution in [3.8, 4) is 0 Å². The lowest BCUT2D eigenvalue weighted by molar-refractivity contribution is -0.143. The minimum absolute atomic E-state index is 0.00779. The average molecular weight is 1030 g/mol. The molecular formula is C50H59Cl2F6N5O7. The van der Waals surface area contributed by atoms with Gasteiger partial charge in [-0.2, -0.15) is 26.3 Å². The number of carbonyl (C=O) groups is 4. The summed E-state index contributed by atoms with van der Waals surface area (Å²) in [5.74, 6) is -1.55. The zero-order valence-corrected chi connectivity index (χ0v) is 40.9. The Hall–Kier alpha value is -4.62. The van der Waals surface area contributed by atoms with E-state index in [0.717, 1.165) is 5.56 Å². The third-order valence-electron chi connectivity index (χ3n) is 13.8. The number of nitrogens with one attached hydrogen (secondary N) is 2. The zero-order chi connectivity index (χ0) is 50.6. The number of ether oxygens (including phenoxy) is 3.